The summed E-state index contributed by atoms with van der Waals surface area (Å²) in [5, 5.41) is 6.43. The van der Waals surface area contributed by atoms with E-state index in [2.05, 4.69) is 10.6 Å². The molecule has 7 heteroatoms. The first-order valence-electron chi connectivity index (χ1n) is 11.3. The quantitative estimate of drug-likeness (QED) is 0.722. The van der Waals surface area contributed by atoms with Crippen molar-refractivity contribution in [3.8, 4) is 0 Å². The number of anilines is 1. The van der Waals surface area contributed by atoms with Crippen molar-refractivity contribution in [1.29, 1.82) is 0 Å². The van der Waals surface area contributed by atoms with Crippen LogP contribution < -0.4 is 10.6 Å². The van der Waals surface area contributed by atoms with Crippen molar-refractivity contribution in [2.45, 2.75) is 36.9 Å². The molecule has 6 rings (SSSR count). The fraction of sp³-hybridized carbons (Fsp3) is 0.400. The van der Waals surface area contributed by atoms with E-state index in [0.29, 0.717) is 18.7 Å². The van der Waals surface area contributed by atoms with Gasteiger partial charge in [0.2, 0.25) is 17.7 Å². The van der Waals surface area contributed by atoms with Gasteiger partial charge < -0.3 is 10.1 Å². The van der Waals surface area contributed by atoms with E-state index in [-0.39, 0.29) is 36.4 Å². The smallest absolute Gasteiger partial charge is 0.250 e. The number of nitrogens with zero attached hydrogens (tertiary/aromatic N) is 1. The van der Waals surface area contributed by atoms with Crippen LogP contribution in [0.2, 0.25) is 0 Å². The van der Waals surface area contributed by atoms with Crippen LogP contribution in [-0.4, -0.2) is 47.9 Å². The summed E-state index contributed by atoms with van der Waals surface area (Å²) in [5.41, 5.74) is 1.27. The van der Waals surface area contributed by atoms with Crippen LogP contribution in [-0.2, 0) is 31.1 Å². The topological polar surface area (TPSA) is 87.7 Å². The molecule has 3 saturated heterocycles. The van der Waals surface area contributed by atoms with Gasteiger partial charge in [0.25, 0.3) is 0 Å². The third-order valence-electron chi connectivity index (χ3n) is 7.42. The molecule has 4 heterocycles. The molecule has 2 aromatic rings. The zero-order valence-electron chi connectivity index (χ0n) is 17.6. The Bertz CT molecular complexity index is 1100. The lowest BCUT2D eigenvalue weighted by Crippen LogP contribution is -2.54. The first-order chi connectivity index (χ1) is 15.6. The number of amides is 3. The average molecular weight is 431 g/mol. The van der Waals surface area contributed by atoms with Gasteiger partial charge in [-0.15, -0.1) is 0 Å². The molecule has 4 aliphatic heterocycles. The van der Waals surface area contributed by atoms with Gasteiger partial charge in [-0.25, -0.2) is 0 Å². The summed E-state index contributed by atoms with van der Waals surface area (Å²) in [6.07, 6.45) is 2.22. The van der Waals surface area contributed by atoms with E-state index < -0.39 is 17.4 Å². The number of imide groups is 1. The highest BCUT2D eigenvalue weighted by Gasteiger charge is 2.70. The minimum Gasteiger partial charge on any atom is -0.376 e. The molecule has 0 aromatic heterocycles. The van der Waals surface area contributed by atoms with E-state index in [0.717, 1.165) is 24.0 Å². The molecule has 2 aromatic carbocycles. The van der Waals surface area contributed by atoms with E-state index in [1.807, 2.05) is 54.6 Å². The second-order valence-electron chi connectivity index (χ2n) is 9.17. The molecule has 3 fully saturated rings. The number of hydrogen-bond donors (Lipinski definition) is 2. The molecule has 32 heavy (non-hydrogen) atoms. The van der Waals surface area contributed by atoms with Gasteiger partial charge in [-0.2, -0.15) is 0 Å². The Morgan fingerprint density at radius 1 is 1.00 bits per heavy atom. The Morgan fingerprint density at radius 2 is 1.78 bits per heavy atom. The third-order valence-corrected chi connectivity index (χ3v) is 7.42. The summed E-state index contributed by atoms with van der Waals surface area (Å²) in [4.78, 5) is 42.1. The van der Waals surface area contributed by atoms with Gasteiger partial charge >= 0.3 is 0 Å². The normalized spacial score (nSPS) is 33.1. The first kappa shape index (κ1) is 19.6. The number of ether oxygens (including phenoxy) is 1. The monoisotopic (exact) mass is 431 g/mol. The van der Waals surface area contributed by atoms with Gasteiger partial charge in [-0.05, 0) is 30.9 Å². The highest BCUT2D eigenvalue weighted by atomic mass is 16.5. The van der Waals surface area contributed by atoms with Crippen LogP contribution in [0.3, 0.4) is 0 Å². The third kappa shape index (κ3) is 2.71. The molecule has 0 bridgehead atoms. The Kier molecular flexibility index (Phi) is 4.45. The van der Waals surface area contributed by atoms with Crippen molar-refractivity contribution in [3.63, 3.8) is 0 Å². The lowest BCUT2D eigenvalue weighted by atomic mass is 9.76. The minimum atomic E-state index is -1.24. The zero-order chi connectivity index (χ0) is 21.9. The maximum Gasteiger partial charge on any atom is 0.250 e. The molecular weight excluding hydrogens is 406 g/mol. The molecule has 3 amide bonds. The number of carbonyl (C=O) groups excluding carboxylic acids is 3. The van der Waals surface area contributed by atoms with Crippen LogP contribution in [0.1, 0.15) is 24.0 Å². The van der Waals surface area contributed by atoms with Gasteiger partial charge in [-0.3, -0.25) is 24.6 Å². The molecule has 4 aliphatic rings. The van der Waals surface area contributed by atoms with Crippen molar-refractivity contribution in [3.05, 3.63) is 65.7 Å². The van der Waals surface area contributed by atoms with Crippen LogP contribution >= 0.6 is 0 Å². The van der Waals surface area contributed by atoms with Crippen LogP contribution in [0.5, 0.6) is 0 Å². The van der Waals surface area contributed by atoms with Crippen molar-refractivity contribution in [2.75, 3.05) is 18.5 Å². The maximum atomic E-state index is 13.7. The lowest BCUT2D eigenvalue weighted by Gasteiger charge is -2.30. The zero-order valence-corrected chi connectivity index (χ0v) is 17.6. The van der Waals surface area contributed by atoms with E-state index in [1.54, 1.807) is 0 Å². The second-order valence-corrected chi connectivity index (χ2v) is 9.17. The SMILES string of the molecule is O=C1[C@@H]2[C@H](Cc3ccccc3)N[C@]3(C(=O)Nc4ccccc43)[C@H]2C(=O)N1C[C@H]1CCCO1. The summed E-state index contributed by atoms with van der Waals surface area (Å²) in [7, 11) is 0. The fourth-order valence-electron chi connectivity index (χ4n) is 6.03. The van der Waals surface area contributed by atoms with E-state index in [4.69, 9.17) is 4.74 Å². The van der Waals surface area contributed by atoms with E-state index >= 15 is 0 Å². The van der Waals surface area contributed by atoms with Crippen molar-refractivity contribution in [2.24, 2.45) is 11.8 Å². The summed E-state index contributed by atoms with van der Waals surface area (Å²) in [5.74, 6) is -2.09. The fourth-order valence-corrected chi connectivity index (χ4v) is 6.03. The Labute approximate surface area is 186 Å². The van der Waals surface area contributed by atoms with Gasteiger partial charge in [0.15, 0.2) is 0 Å². The lowest BCUT2D eigenvalue weighted by molar-refractivity contribution is -0.144. The molecule has 0 aliphatic carbocycles. The summed E-state index contributed by atoms with van der Waals surface area (Å²) in [6.45, 7) is 0.924. The van der Waals surface area contributed by atoms with Crippen molar-refractivity contribution < 1.29 is 19.1 Å². The predicted molar refractivity (Wildman–Crippen MR) is 116 cm³/mol. The number of para-hydroxylation sites is 1. The van der Waals surface area contributed by atoms with Gasteiger partial charge in [0.1, 0.15) is 5.54 Å². The number of fused-ring (bicyclic) bond motifs is 4. The molecule has 0 saturated carbocycles. The van der Waals surface area contributed by atoms with Crippen LogP contribution in [0, 0.1) is 11.8 Å². The van der Waals surface area contributed by atoms with Crippen LogP contribution in [0.25, 0.3) is 0 Å². The summed E-state index contributed by atoms with van der Waals surface area (Å²) >= 11 is 0. The highest BCUT2D eigenvalue weighted by Crippen LogP contribution is 2.53. The predicted octanol–water partition coefficient (Wildman–Crippen LogP) is 1.83. The average Bonchev–Trinajstić information content (AvgIpc) is 3.54. The van der Waals surface area contributed by atoms with Crippen molar-refractivity contribution in [1.82, 2.24) is 10.2 Å². The number of likely N-dealkylation sites (tertiary alicyclic amines) is 1. The van der Waals surface area contributed by atoms with Gasteiger partial charge in [0, 0.05) is 23.9 Å². The second kappa shape index (κ2) is 7.25. The molecular formula is C25H25N3O4. The van der Waals surface area contributed by atoms with Crippen molar-refractivity contribution >= 4 is 23.4 Å². The minimum absolute atomic E-state index is 0.122. The maximum absolute atomic E-state index is 13.7. The standard InChI is InChI=1S/C25H25N3O4/c29-22-20-19(13-15-7-2-1-3-8-15)27-25(17-10-4-5-11-18(17)26-24(25)31)21(20)23(30)28(22)14-16-9-6-12-32-16/h1-5,7-8,10-11,16,19-21,27H,6,9,12-14H2,(H,26,31)/t16-,19+,20-,21-,25+/m1/s1. The molecule has 1 spiro atoms. The van der Waals surface area contributed by atoms with Gasteiger partial charge in [0.05, 0.1) is 24.5 Å². The highest BCUT2D eigenvalue weighted by molar-refractivity contribution is 6.15. The molecule has 5 atom stereocenters. The Balaban J connectivity index is 1.43. The molecule has 2 N–H and O–H groups in total. The Morgan fingerprint density at radius 3 is 2.56 bits per heavy atom. The molecule has 164 valence electrons. The van der Waals surface area contributed by atoms with Crippen LogP contribution in [0.15, 0.2) is 54.6 Å². The van der Waals surface area contributed by atoms with Crippen LogP contribution in [0.4, 0.5) is 5.69 Å². The van der Waals surface area contributed by atoms with Gasteiger partial charge in [-0.1, -0.05) is 48.5 Å². The number of carbonyl (C=O) groups is 3. The number of benzene rings is 2. The first-order valence-corrected chi connectivity index (χ1v) is 11.3. The van der Waals surface area contributed by atoms with E-state index in [1.165, 1.54) is 4.90 Å². The van der Waals surface area contributed by atoms with E-state index in [9.17, 15) is 14.4 Å². The Hall–Kier alpha value is -3.03. The molecule has 7 nitrogen and oxygen atoms in total. The summed E-state index contributed by atoms with van der Waals surface area (Å²) in [6, 6.07) is 17.0. The summed E-state index contributed by atoms with van der Waals surface area (Å²) < 4.78 is 5.71. The number of nitrogens with one attached hydrogen (secondary N) is 2. The number of hydrogen-bond acceptors (Lipinski definition) is 5. The largest absolute Gasteiger partial charge is 0.376 e. The molecule has 0 unspecified atom stereocenters. The number of rotatable bonds is 4. The molecule has 0 radical (unpaired) electrons.